The molecule has 0 aliphatic carbocycles. The molecule has 2 aromatic carbocycles. The summed E-state index contributed by atoms with van der Waals surface area (Å²) in [6, 6.07) is 13.7. The summed E-state index contributed by atoms with van der Waals surface area (Å²) in [7, 11) is 1.65. The minimum atomic E-state index is -4.45. The fourth-order valence-electron chi connectivity index (χ4n) is 3.02. The van der Waals surface area contributed by atoms with E-state index in [0.29, 0.717) is 21.8 Å². The third-order valence-electron chi connectivity index (χ3n) is 4.20. The summed E-state index contributed by atoms with van der Waals surface area (Å²) < 4.78 is 43.8. The van der Waals surface area contributed by atoms with Gasteiger partial charge in [-0.05, 0) is 42.3 Å². The molecule has 0 radical (unpaired) electrons. The largest absolute Gasteiger partial charge is 0.418 e. The number of rotatable bonds is 2. The lowest BCUT2D eigenvalue weighted by Crippen LogP contribution is -2.08. The van der Waals surface area contributed by atoms with Crippen LogP contribution in [0, 0.1) is 6.92 Å². The zero-order valence-electron chi connectivity index (χ0n) is 13.5. The van der Waals surface area contributed by atoms with E-state index in [9.17, 15) is 13.2 Å². The highest BCUT2D eigenvalue weighted by Crippen LogP contribution is 2.46. The molecule has 0 atom stereocenters. The van der Waals surface area contributed by atoms with Crippen molar-refractivity contribution in [1.82, 2.24) is 4.57 Å². The van der Waals surface area contributed by atoms with Gasteiger partial charge in [0.25, 0.3) is 0 Å². The molecule has 1 nitrogen and oxygen atoms in total. The molecule has 0 saturated heterocycles. The van der Waals surface area contributed by atoms with Crippen LogP contribution in [0.5, 0.6) is 0 Å². The summed E-state index contributed by atoms with van der Waals surface area (Å²) in [4.78, 5) is 0. The maximum atomic E-state index is 13.8. The van der Waals surface area contributed by atoms with Gasteiger partial charge in [-0.2, -0.15) is 13.2 Å². The van der Waals surface area contributed by atoms with Gasteiger partial charge in [0.05, 0.1) is 11.3 Å². The average molecular weight is 429 g/mol. The van der Waals surface area contributed by atoms with Gasteiger partial charge in [0.2, 0.25) is 0 Å². The first-order valence-electron chi connectivity index (χ1n) is 7.48. The zero-order valence-corrected chi connectivity index (χ0v) is 15.8. The summed E-state index contributed by atoms with van der Waals surface area (Å²) in [6.45, 7) is 1.49. The van der Waals surface area contributed by atoms with E-state index in [1.807, 2.05) is 0 Å². The monoisotopic (exact) mass is 427 g/mol. The van der Waals surface area contributed by atoms with Crippen LogP contribution in [0.2, 0.25) is 5.02 Å². The second kappa shape index (κ2) is 6.54. The Balaban J connectivity index is 2.40. The van der Waals surface area contributed by atoms with Gasteiger partial charge in [0, 0.05) is 27.8 Å². The highest BCUT2D eigenvalue weighted by atomic mass is 79.9. The predicted molar refractivity (Wildman–Crippen MR) is 98.7 cm³/mol. The number of aromatic nitrogens is 1. The summed E-state index contributed by atoms with van der Waals surface area (Å²) in [5, 5.41) is 0.537. The van der Waals surface area contributed by atoms with Crippen molar-refractivity contribution in [3.63, 3.8) is 0 Å². The quantitative estimate of drug-likeness (QED) is 0.410. The number of alkyl halides is 3. The summed E-state index contributed by atoms with van der Waals surface area (Å²) in [5.74, 6) is 0. The minimum Gasteiger partial charge on any atom is -0.347 e. The fraction of sp³-hybridized carbons (Fsp3) is 0.158. The van der Waals surface area contributed by atoms with Gasteiger partial charge in [-0.25, -0.2) is 0 Å². The second-order valence-corrected chi connectivity index (χ2v) is 7.11. The Hall–Kier alpha value is -1.72. The van der Waals surface area contributed by atoms with Crippen molar-refractivity contribution in [2.75, 3.05) is 0 Å². The minimum absolute atomic E-state index is 0.174. The van der Waals surface area contributed by atoms with Crippen molar-refractivity contribution >= 4 is 27.5 Å². The number of halogens is 5. The maximum absolute atomic E-state index is 13.8. The lowest BCUT2D eigenvalue weighted by atomic mass is 9.96. The normalized spacial score (nSPS) is 11.8. The smallest absolute Gasteiger partial charge is 0.347 e. The van der Waals surface area contributed by atoms with E-state index in [1.54, 1.807) is 60.1 Å². The highest BCUT2D eigenvalue weighted by Gasteiger charge is 2.39. The second-order valence-electron chi connectivity index (χ2n) is 5.76. The standard InChI is InChI=1S/C19H14BrClF3N/c1-11-17(19(22,23)24)16(13-4-3-5-14(20)10-13)18(25(11)2)12-6-8-15(21)9-7-12/h3-10H,1-2H3. The summed E-state index contributed by atoms with van der Waals surface area (Å²) in [5.41, 5.74) is 1.44. The molecule has 0 aliphatic heterocycles. The molecular weight excluding hydrogens is 415 g/mol. The van der Waals surface area contributed by atoms with Gasteiger partial charge in [-0.3, -0.25) is 0 Å². The Kier molecular flexibility index (Phi) is 4.73. The molecule has 130 valence electrons. The third-order valence-corrected chi connectivity index (χ3v) is 4.95. The van der Waals surface area contributed by atoms with Gasteiger partial charge in [0.15, 0.2) is 0 Å². The summed E-state index contributed by atoms with van der Waals surface area (Å²) in [6.07, 6.45) is -4.45. The molecule has 3 aromatic rings. The summed E-state index contributed by atoms with van der Waals surface area (Å²) >= 11 is 9.28. The van der Waals surface area contributed by atoms with E-state index < -0.39 is 11.7 Å². The van der Waals surface area contributed by atoms with Gasteiger partial charge >= 0.3 is 6.18 Å². The van der Waals surface area contributed by atoms with Crippen LogP contribution in [-0.4, -0.2) is 4.57 Å². The molecule has 0 saturated carbocycles. The van der Waals surface area contributed by atoms with Crippen LogP contribution in [0.4, 0.5) is 13.2 Å². The maximum Gasteiger partial charge on any atom is 0.418 e. The number of nitrogens with zero attached hydrogens (tertiary/aromatic N) is 1. The van der Waals surface area contributed by atoms with E-state index in [2.05, 4.69) is 15.9 Å². The molecule has 0 fully saturated rings. The van der Waals surface area contributed by atoms with Gasteiger partial charge in [-0.1, -0.05) is 51.8 Å². The Labute approximate surface area is 157 Å². The molecule has 1 heterocycles. The van der Waals surface area contributed by atoms with Crippen LogP contribution < -0.4 is 0 Å². The lowest BCUT2D eigenvalue weighted by Gasteiger charge is -2.12. The predicted octanol–water partition coefficient (Wildman–Crippen LogP) is 7.10. The Morgan fingerprint density at radius 2 is 1.64 bits per heavy atom. The Morgan fingerprint density at radius 1 is 1.00 bits per heavy atom. The van der Waals surface area contributed by atoms with E-state index in [-0.39, 0.29) is 11.3 Å². The van der Waals surface area contributed by atoms with E-state index >= 15 is 0 Å². The highest BCUT2D eigenvalue weighted by molar-refractivity contribution is 9.10. The fourth-order valence-corrected chi connectivity index (χ4v) is 3.55. The molecule has 25 heavy (non-hydrogen) atoms. The first kappa shape index (κ1) is 18.1. The van der Waals surface area contributed by atoms with E-state index in [4.69, 9.17) is 11.6 Å². The molecule has 3 rings (SSSR count). The molecule has 0 unspecified atom stereocenters. The van der Waals surface area contributed by atoms with Crippen LogP contribution in [0.15, 0.2) is 53.0 Å². The number of hydrogen-bond donors (Lipinski definition) is 0. The molecule has 0 aliphatic rings. The Morgan fingerprint density at radius 3 is 2.20 bits per heavy atom. The number of benzene rings is 2. The van der Waals surface area contributed by atoms with Crippen LogP contribution in [0.3, 0.4) is 0 Å². The van der Waals surface area contributed by atoms with Crippen molar-refractivity contribution in [3.8, 4) is 22.4 Å². The topological polar surface area (TPSA) is 4.93 Å². The molecule has 0 spiro atoms. The van der Waals surface area contributed by atoms with Crippen LogP contribution in [-0.2, 0) is 13.2 Å². The van der Waals surface area contributed by atoms with E-state index in [1.165, 1.54) is 6.92 Å². The van der Waals surface area contributed by atoms with Gasteiger partial charge in [0.1, 0.15) is 0 Å². The number of hydrogen-bond acceptors (Lipinski definition) is 0. The average Bonchev–Trinajstić information content (AvgIpc) is 2.80. The molecule has 0 N–H and O–H groups in total. The van der Waals surface area contributed by atoms with Crippen molar-refractivity contribution in [2.24, 2.45) is 7.05 Å². The van der Waals surface area contributed by atoms with Crippen molar-refractivity contribution in [3.05, 3.63) is 69.3 Å². The van der Waals surface area contributed by atoms with Gasteiger partial charge < -0.3 is 4.57 Å². The Bertz CT molecular complexity index is 927. The molecular formula is C19H14BrClF3N. The van der Waals surface area contributed by atoms with Crippen molar-refractivity contribution in [1.29, 1.82) is 0 Å². The molecule has 6 heteroatoms. The molecule has 0 amide bonds. The molecule has 0 bridgehead atoms. The van der Waals surface area contributed by atoms with Gasteiger partial charge in [-0.15, -0.1) is 0 Å². The van der Waals surface area contributed by atoms with Crippen molar-refractivity contribution in [2.45, 2.75) is 13.1 Å². The van der Waals surface area contributed by atoms with E-state index in [0.717, 1.165) is 4.47 Å². The zero-order chi connectivity index (χ0) is 18.4. The first-order chi connectivity index (χ1) is 11.7. The first-order valence-corrected chi connectivity index (χ1v) is 8.65. The van der Waals surface area contributed by atoms with Crippen molar-refractivity contribution < 1.29 is 13.2 Å². The molecule has 1 aromatic heterocycles. The van der Waals surface area contributed by atoms with Crippen LogP contribution in [0.1, 0.15) is 11.3 Å². The SMILES string of the molecule is Cc1c(C(F)(F)F)c(-c2cccc(Br)c2)c(-c2ccc(Cl)cc2)n1C. The lowest BCUT2D eigenvalue weighted by molar-refractivity contribution is -0.137. The third kappa shape index (κ3) is 3.35. The van der Waals surface area contributed by atoms with Crippen LogP contribution in [0.25, 0.3) is 22.4 Å². The van der Waals surface area contributed by atoms with Crippen LogP contribution >= 0.6 is 27.5 Å².